The third kappa shape index (κ3) is 3.43. The van der Waals surface area contributed by atoms with E-state index in [9.17, 15) is 0 Å². The summed E-state index contributed by atoms with van der Waals surface area (Å²) in [4.78, 5) is 11.1. The van der Waals surface area contributed by atoms with E-state index in [1.807, 2.05) is 12.3 Å². The van der Waals surface area contributed by atoms with Crippen LogP contribution >= 0.6 is 0 Å². The Hall–Kier alpha value is -1.00. The minimum absolute atomic E-state index is 0.358. The van der Waals surface area contributed by atoms with Gasteiger partial charge in [-0.1, -0.05) is 33.1 Å². The van der Waals surface area contributed by atoms with Gasteiger partial charge < -0.3 is 5.32 Å². The van der Waals surface area contributed by atoms with E-state index in [-0.39, 0.29) is 0 Å². The van der Waals surface area contributed by atoms with Crippen LogP contribution in [0.3, 0.4) is 0 Å². The van der Waals surface area contributed by atoms with E-state index >= 15 is 0 Å². The highest BCUT2D eigenvalue weighted by molar-refractivity contribution is 5.04. The summed E-state index contributed by atoms with van der Waals surface area (Å²) in [6.07, 6.45) is 10.3. The van der Waals surface area contributed by atoms with Crippen molar-refractivity contribution in [2.75, 3.05) is 13.1 Å². The van der Waals surface area contributed by atoms with Gasteiger partial charge in [0.25, 0.3) is 0 Å². The van der Waals surface area contributed by atoms with Gasteiger partial charge in [0.1, 0.15) is 6.33 Å². The molecule has 1 saturated heterocycles. The molecule has 4 nitrogen and oxygen atoms in total. The smallest absolute Gasteiger partial charge is 0.115 e. The maximum absolute atomic E-state index is 4.43. The Balaban J connectivity index is 1.75. The molecule has 1 saturated carbocycles. The van der Waals surface area contributed by atoms with Crippen molar-refractivity contribution in [1.82, 2.24) is 20.2 Å². The molecule has 2 fully saturated rings. The van der Waals surface area contributed by atoms with Crippen LogP contribution in [0.1, 0.15) is 51.6 Å². The molecule has 4 heteroatoms. The summed E-state index contributed by atoms with van der Waals surface area (Å²) in [7, 11) is 0. The summed E-state index contributed by atoms with van der Waals surface area (Å²) in [6.45, 7) is 7.90. The Labute approximate surface area is 128 Å². The Morgan fingerprint density at radius 1 is 1.33 bits per heavy atom. The van der Waals surface area contributed by atoms with Crippen LogP contribution in [-0.4, -0.2) is 39.5 Å². The molecular formula is C17H28N4. The van der Waals surface area contributed by atoms with Gasteiger partial charge in [-0.3, -0.25) is 4.90 Å². The lowest BCUT2D eigenvalue weighted by Crippen LogP contribution is -2.65. The summed E-state index contributed by atoms with van der Waals surface area (Å²) >= 11 is 0. The maximum atomic E-state index is 4.43. The second kappa shape index (κ2) is 6.41. The third-order valence-corrected chi connectivity index (χ3v) is 5.25. The van der Waals surface area contributed by atoms with E-state index in [0.29, 0.717) is 17.5 Å². The van der Waals surface area contributed by atoms with Crippen molar-refractivity contribution in [3.8, 4) is 0 Å². The number of hydrogen-bond acceptors (Lipinski definition) is 4. The Bertz CT molecular complexity index is 439. The van der Waals surface area contributed by atoms with Crippen molar-refractivity contribution in [1.29, 1.82) is 0 Å². The predicted molar refractivity (Wildman–Crippen MR) is 84.9 cm³/mol. The third-order valence-electron chi connectivity index (χ3n) is 5.25. The molecule has 1 aliphatic heterocycles. The first-order valence-electron chi connectivity index (χ1n) is 8.42. The standard InChI is InChI=1S/C17H28N4/c1-14(2)16-10-20-17(7-4-3-5-8-17)12-21(16)11-15-6-9-18-13-19-15/h6,9,13-14,16,20H,3-5,7-8,10-12H2,1-2H3. The van der Waals surface area contributed by atoms with Crippen LogP contribution in [0.15, 0.2) is 18.6 Å². The largest absolute Gasteiger partial charge is 0.308 e. The van der Waals surface area contributed by atoms with Crippen molar-refractivity contribution < 1.29 is 0 Å². The second-order valence-corrected chi connectivity index (χ2v) is 7.14. The van der Waals surface area contributed by atoms with Gasteiger partial charge in [0.15, 0.2) is 0 Å². The number of nitrogens with zero attached hydrogens (tertiary/aromatic N) is 3. The summed E-state index contributed by atoms with van der Waals surface area (Å²) in [5.41, 5.74) is 1.50. The van der Waals surface area contributed by atoms with E-state index < -0.39 is 0 Å². The minimum Gasteiger partial charge on any atom is -0.308 e. The summed E-state index contributed by atoms with van der Waals surface area (Å²) in [5.74, 6) is 0.667. The van der Waals surface area contributed by atoms with Crippen LogP contribution in [0.25, 0.3) is 0 Å². The van der Waals surface area contributed by atoms with Crippen LogP contribution in [-0.2, 0) is 6.54 Å². The van der Waals surface area contributed by atoms with Crippen LogP contribution in [0.2, 0.25) is 0 Å². The predicted octanol–water partition coefficient (Wildman–Crippen LogP) is 2.61. The molecule has 0 amide bonds. The van der Waals surface area contributed by atoms with Gasteiger partial charge in [0, 0.05) is 37.4 Å². The van der Waals surface area contributed by atoms with Gasteiger partial charge in [-0.25, -0.2) is 9.97 Å². The van der Waals surface area contributed by atoms with Gasteiger partial charge in [0.05, 0.1) is 5.69 Å². The highest BCUT2D eigenvalue weighted by Crippen LogP contribution is 2.33. The van der Waals surface area contributed by atoms with Gasteiger partial charge in [-0.05, 0) is 24.8 Å². The quantitative estimate of drug-likeness (QED) is 0.928. The Morgan fingerprint density at radius 2 is 2.14 bits per heavy atom. The molecule has 0 bridgehead atoms. The minimum atomic E-state index is 0.358. The van der Waals surface area contributed by atoms with E-state index in [4.69, 9.17) is 0 Å². The molecule has 3 rings (SSSR count). The topological polar surface area (TPSA) is 41.0 Å². The molecular weight excluding hydrogens is 260 g/mol. The number of rotatable bonds is 3. The normalized spacial score (nSPS) is 26.3. The zero-order valence-corrected chi connectivity index (χ0v) is 13.4. The van der Waals surface area contributed by atoms with Crippen molar-refractivity contribution in [3.05, 3.63) is 24.3 Å². The molecule has 0 aromatic carbocycles. The van der Waals surface area contributed by atoms with Crippen molar-refractivity contribution in [2.24, 2.45) is 5.92 Å². The molecule has 0 radical (unpaired) electrons. The molecule has 1 atom stereocenters. The first-order chi connectivity index (χ1) is 10.2. The summed E-state index contributed by atoms with van der Waals surface area (Å²) in [5, 5.41) is 3.91. The fourth-order valence-corrected chi connectivity index (χ4v) is 4.03. The Morgan fingerprint density at radius 3 is 2.81 bits per heavy atom. The molecule has 1 unspecified atom stereocenters. The van der Waals surface area contributed by atoms with Gasteiger partial charge in [-0.15, -0.1) is 0 Å². The first kappa shape index (κ1) is 14.9. The average molecular weight is 288 g/mol. The van der Waals surface area contributed by atoms with Gasteiger partial charge in [0.2, 0.25) is 0 Å². The van der Waals surface area contributed by atoms with Crippen molar-refractivity contribution in [3.63, 3.8) is 0 Å². The van der Waals surface area contributed by atoms with E-state index in [1.165, 1.54) is 38.6 Å². The van der Waals surface area contributed by atoms with Crippen LogP contribution in [0.5, 0.6) is 0 Å². The highest BCUT2D eigenvalue weighted by atomic mass is 15.3. The van der Waals surface area contributed by atoms with Crippen LogP contribution in [0.4, 0.5) is 0 Å². The molecule has 116 valence electrons. The first-order valence-corrected chi connectivity index (χ1v) is 8.42. The van der Waals surface area contributed by atoms with E-state index in [2.05, 4.69) is 34.0 Å². The zero-order chi connectivity index (χ0) is 14.7. The van der Waals surface area contributed by atoms with Gasteiger partial charge in [-0.2, -0.15) is 0 Å². The fourth-order valence-electron chi connectivity index (χ4n) is 4.03. The molecule has 1 aromatic rings. The maximum Gasteiger partial charge on any atom is 0.115 e. The molecule has 1 aromatic heterocycles. The van der Waals surface area contributed by atoms with Crippen LogP contribution < -0.4 is 5.32 Å². The lowest BCUT2D eigenvalue weighted by Gasteiger charge is -2.50. The molecule has 21 heavy (non-hydrogen) atoms. The monoisotopic (exact) mass is 288 g/mol. The van der Waals surface area contributed by atoms with Crippen molar-refractivity contribution in [2.45, 2.75) is 64.1 Å². The number of aromatic nitrogens is 2. The van der Waals surface area contributed by atoms with E-state index in [1.54, 1.807) is 6.33 Å². The second-order valence-electron chi connectivity index (χ2n) is 7.14. The van der Waals surface area contributed by atoms with Gasteiger partial charge >= 0.3 is 0 Å². The molecule has 1 N–H and O–H groups in total. The van der Waals surface area contributed by atoms with Crippen LogP contribution in [0, 0.1) is 5.92 Å². The Kier molecular flexibility index (Phi) is 4.55. The molecule has 2 aliphatic rings. The highest BCUT2D eigenvalue weighted by Gasteiger charge is 2.40. The lowest BCUT2D eigenvalue weighted by molar-refractivity contribution is 0.0301. The average Bonchev–Trinajstić information content (AvgIpc) is 2.49. The molecule has 2 heterocycles. The summed E-state index contributed by atoms with van der Waals surface area (Å²) in [6, 6.07) is 2.65. The van der Waals surface area contributed by atoms with E-state index in [0.717, 1.165) is 18.8 Å². The summed E-state index contributed by atoms with van der Waals surface area (Å²) < 4.78 is 0. The number of hydrogen-bond donors (Lipinski definition) is 1. The molecule has 1 spiro atoms. The number of nitrogens with one attached hydrogen (secondary N) is 1. The lowest BCUT2D eigenvalue weighted by atomic mass is 9.78. The fraction of sp³-hybridized carbons (Fsp3) is 0.765. The SMILES string of the molecule is CC(C)C1CNC2(CCCCC2)CN1Cc1ccncn1. The zero-order valence-electron chi connectivity index (χ0n) is 13.4. The van der Waals surface area contributed by atoms with Crippen molar-refractivity contribution >= 4 is 0 Å². The molecule has 1 aliphatic carbocycles. The number of piperazine rings is 1.